The standard InChI is InChI=1S/C52H85N9O17/c1-5-27(2)20-28(3)12-10-8-6-7-9-11-13-40(69)55-34-23-38(67)50(78-19-18-53)59-48(74)36-22-33(65)26-61(36)52(77)42(37(66)24-39(54)68)57-49(75)43(45(71)44(70)30-14-16-31(63)17-15-30)58-47(73)35-21-32(64)25-60(35)51(76)41(29(4)62)56-46(34)72/h14-17,27-29,32-38,41-45,50,62-67,70-71H,5-13,18-26,53H2,1-4H3,(H2,54,68)(H,55,69)(H,56,72)(H,57,75)(H,58,73)(H,59,74)/t27?,28?,29-,32-,33-,34+,35+,36+,37-,38-,41+,42+,43+,44+,45+,50-/m1/s1. The Balaban J connectivity index is 1.74. The third kappa shape index (κ3) is 19.1. The van der Waals surface area contributed by atoms with Gasteiger partial charge in [0.15, 0.2) is 6.23 Å². The molecule has 0 saturated carbocycles. The van der Waals surface area contributed by atoms with Crippen molar-refractivity contribution in [1.82, 2.24) is 36.4 Å². The Labute approximate surface area is 454 Å². The SMILES string of the molecule is CCC(C)CC(C)CCCCCCCCC(=O)N[C@H]1C[C@@H](O)[C@@H](OCCN)NC(=O)[C@@H]2C[C@@H](O)CN2C(=O)[C@H]([C@H](O)CC(N)=O)NC(=O)[C@H]([C@H](O)[C@@H](O)c2ccc(O)cc2)NC(=O)[C@@H]2C[C@@H](O)CN2C(=O)[C@H]([C@@H](C)O)NC1=O. The third-order valence-corrected chi connectivity index (χ3v) is 14.6. The molecule has 3 saturated heterocycles. The quantitative estimate of drug-likeness (QED) is 0.0476. The number of carbonyl (C=O) groups excluding carboxylic acids is 8. The number of rotatable bonds is 23. The van der Waals surface area contributed by atoms with Crippen molar-refractivity contribution in [3.63, 3.8) is 0 Å². The summed E-state index contributed by atoms with van der Waals surface area (Å²) in [6.45, 7) is 6.17. The van der Waals surface area contributed by atoms with Crippen molar-refractivity contribution in [3.05, 3.63) is 29.8 Å². The van der Waals surface area contributed by atoms with Gasteiger partial charge in [-0.3, -0.25) is 38.4 Å². The van der Waals surface area contributed by atoms with Crippen LogP contribution in [-0.2, 0) is 43.1 Å². The summed E-state index contributed by atoms with van der Waals surface area (Å²) < 4.78 is 5.71. The Morgan fingerprint density at radius 1 is 0.718 bits per heavy atom. The zero-order valence-corrected chi connectivity index (χ0v) is 45.1. The van der Waals surface area contributed by atoms with Crippen LogP contribution in [-0.4, -0.2) is 203 Å². The van der Waals surface area contributed by atoms with Gasteiger partial charge in [0.1, 0.15) is 60.3 Å². The Morgan fingerprint density at radius 3 is 1.82 bits per heavy atom. The highest BCUT2D eigenvalue weighted by molar-refractivity contribution is 5.98. The molecule has 3 aliphatic heterocycles. The van der Waals surface area contributed by atoms with Gasteiger partial charge < -0.3 is 93.4 Å². The summed E-state index contributed by atoms with van der Waals surface area (Å²) in [5, 5.41) is 101. The lowest BCUT2D eigenvalue weighted by molar-refractivity contribution is -0.148. The van der Waals surface area contributed by atoms with E-state index in [0.717, 1.165) is 67.4 Å². The maximum atomic E-state index is 14.6. The highest BCUT2D eigenvalue weighted by Crippen LogP contribution is 2.27. The number of nitrogens with zero attached hydrogens (tertiary/aromatic N) is 2. The predicted molar refractivity (Wildman–Crippen MR) is 278 cm³/mol. The number of phenols is 1. The van der Waals surface area contributed by atoms with E-state index in [4.69, 9.17) is 16.2 Å². The van der Waals surface area contributed by atoms with Gasteiger partial charge in [0, 0.05) is 45.3 Å². The van der Waals surface area contributed by atoms with Crippen LogP contribution in [0.1, 0.15) is 129 Å². The number of hydrogen-bond acceptors (Lipinski definition) is 18. The van der Waals surface area contributed by atoms with Crippen molar-refractivity contribution < 1.29 is 83.9 Å². The number of amides is 8. The average Bonchev–Trinajstić information content (AvgIpc) is 4.02. The second-order valence-electron chi connectivity index (χ2n) is 21.3. The summed E-state index contributed by atoms with van der Waals surface area (Å²) in [6, 6.07) is -6.99. The Kier molecular flexibility index (Phi) is 26.0. The summed E-state index contributed by atoms with van der Waals surface area (Å²) >= 11 is 0. The van der Waals surface area contributed by atoms with Crippen molar-refractivity contribution in [1.29, 1.82) is 0 Å². The molecular weight excluding hydrogens is 1020 g/mol. The minimum atomic E-state index is -2.36. The van der Waals surface area contributed by atoms with Crippen LogP contribution in [0, 0.1) is 11.8 Å². The molecule has 0 radical (unpaired) electrons. The monoisotopic (exact) mass is 1110 g/mol. The smallest absolute Gasteiger partial charge is 0.248 e. The number of fused-ring (bicyclic) bond motifs is 2. The maximum Gasteiger partial charge on any atom is 0.248 e. The number of aliphatic hydroxyl groups excluding tert-OH is 7. The Bertz CT molecular complexity index is 2160. The largest absolute Gasteiger partial charge is 0.508 e. The van der Waals surface area contributed by atoms with E-state index in [1.54, 1.807) is 0 Å². The number of ether oxygens (including phenoxy) is 1. The molecule has 2 unspecified atom stereocenters. The molecule has 0 bridgehead atoms. The molecule has 440 valence electrons. The molecule has 8 amide bonds. The van der Waals surface area contributed by atoms with Crippen LogP contribution >= 0.6 is 0 Å². The molecule has 78 heavy (non-hydrogen) atoms. The van der Waals surface area contributed by atoms with Gasteiger partial charge in [-0.15, -0.1) is 0 Å². The maximum absolute atomic E-state index is 14.6. The molecule has 16 atom stereocenters. The van der Waals surface area contributed by atoms with E-state index in [0.29, 0.717) is 24.7 Å². The zero-order valence-electron chi connectivity index (χ0n) is 45.1. The second kappa shape index (κ2) is 31.3. The minimum Gasteiger partial charge on any atom is -0.508 e. The van der Waals surface area contributed by atoms with Crippen molar-refractivity contribution in [2.24, 2.45) is 23.3 Å². The highest BCUT2D eigenvalue weighted by atomic mass is 16.5. The van der Waals surface area contributed by atoms with Crippen LogP contribution in [0.5, 0.6) is 5.75 Å². The first-order valence-corrected chi connectivity index (χ1v) is 27.1. The topological polar surface area (TPSA) is 426 Å². The van der Waals surface area contributed by atoms with Gasteiger partial charge in [-0.05, 0) is 49.3 Å². The second-order valence-corrected chi connectivity index (χ2v) is 21.3. The van der Waals surface area contributed by atoms with Gasteiger partial charge in [0.25, 0.3) is 0 Å². The van der Waals surface area contributed by atoms with Gasteiger partial charge in [-0.2, -0.15) is 0 Å². The summed E-state index contributed by atoms with van der Waals surface area (Å²) in [7, 11) is 0. The highest BCUT2D eigenvalue weighted by Gasteiger charge is 2.48. The van der Waals surface area contributed by atoms with Crippen molar-refractivity contribution in [3.8, 4) is 5.75 Å². The number of hydrogen-bond donors (Lipinski definition) is 15. The average molecular weight is 1110 g/mol. The molecule has 0 spiro atoms. The van der Waals surface area contributed by atoms with Crippen molar-refractivity contribution in [2.75, 3.05) is 26.2 Å². The number of unbranched alkanes of at least 4 members (excludes halogenated alkanes) is 5. The van der Waals surface area contributed by atoms with Crippen LogP contribution in [0.4, 0.5) is 0 Å². The summed E-state index contributed by atoms with van der Waals surface area (Å²) in [6.07, 6.45) is -9.08. The predicted octanol–water partition coefficient (Wildman–Crippen LogP) is -3.36. The number of primary amides is 1. The first-order valence-electron chi connectivity index (χ1n) is 27.1. The van der Waals surface area contributed by atoms with Crippen LogP contribution in [0.25, 0.3) is 0 Å². The van der Waals surface area contributed by atoms with E-state index in [2.05, 4.69) is 47.4 Å². The number of aromatic hydroxyl groups is 1. The number of nitrogens with one attached hydrogen (secondary N) is 5. The van der Waals surface area contributed by atoms with E-state index in [1.165, 1.54) is 18.6 Å². The molecular formula is C52H85N9O17. The van der Waals surface area contributed by atoms with Crippen LogP contribution in [0.15, 0.2) is 24.3 Å². The number of aliphatic hydroxyl groups is 7. The van der Waals surface area contributed by atoms with Crippen LogP contribution in [0.3, 0.4) is 0 Å². The number of nitrogens with two attached hydrogens (primary N) is 2. The molecule has 0 aliphatic carbocycles. The Hall–Kier alpha value is -5.58. The minimum absolute atomic E-state index is 0.0567. The van der Waals surface area contributed by atoms with Gasteiger partial charge in [-0.1, -0.05) is 77.8 Å². The van der Waals surface area contributed by atoms with E-state index < -0.39 is 171 Å². The lowest BCUT2D eigenvalue weighted by Gasteiger charge is -2.34. The van der Waals surface area contributed by atoms with Gasteiger partial charge in [0.2, 0.25) is 47.3 Å². The van der Waals surface area contributed by atoms with E-state index >= 15 is 0 Å². The molecule has 26 nitrogen and oxygen atoms in total. The molecule has 17 N–H and O–H groups in total. The zero-order chi connectivity index (χ0) is 58.0. The first-order chi connectivity index (χ1) is 36.9. The lowest BCUT2D eigenvalue weighted by atomic mass is 9.91. The molecule has 4 rings (SSSR count). The van der Waals surface area contributed by atoms with E-state index in [1.807, 2.05) is 0 Å². The van der Waals surface area contributed by atoms with E-state index in [9.17, 15) is 79.2 Å². The van der Waals surface area contributed by atoms with E-state index in [-0.39, 0.29) is 30.9 Å². The lowest BCUT2D eigenvalue weighted by Crippen LogP contribution is -2.64. The number of phenolic OH excluding ortho intramolecular Hbond substituents is 1. The third-order valence-electron chi connectivity index (χ3n) is 14.6. The fraction of sp³-hybridized carbons (Fsp3) is 0.731. The van der Waals surface area contributed by atoms with Crippen molar-refractivity contribution >= 4 is 47.3 Å². The fourth-order valence-electron chi connectivity index (χ4n) is 10.1. The van der Waals surface area contributed by atoms with Gasteiger partial charge >= 0.3 is 0 Å². The number of benzene rings is 1. The normalized spacial score (nSPS) is 28.4. The van der Waals surface area contributed by atoms with Gasteiger partial charge in [-0.25, -0.2) is 0 Å². The molecule has 0 aromatic heterocycles. The number of carbonyl (C=O) groups is 8. The summed E-state index contributed by atoms with van der Waals surface area (Å²) in [5.41, 5.74) is 11.0. The molecule has 1 aromatic carbocycles. The summed E-state index contributed by atoms with van der Waals surface area (Å²) in [5.74, 6) is -8.19. The molecule has 3 heterocycles. The fourth-order valence-corrected chi connectivity index (χ4v) is 10.1. The van der Waals surface area contributed by atoms with Crippen molar-refractivity contribution in [2.45, 2.75) is 203 Å². The van der Waals surface area contributed by atoms with Gasteiger partial charge in [0.05, 0.1) is 37.4 Å². The first kappa shape index (κ1) is 64.9. The molecule has 26 heteroatoms. The Morgan fingerprint density at radius 2 is 1.26 bits per heavy atom. The molecule has 1 aromatic rings. The van der Waals surface area contributed by atoms with Crippen LogP contribution in [0.2, 0.25) is 0 Å². The molecule has 3 fully saturated rings. The molecule has 3 aliphatic rings. The van der Waals surface area contributed by atoms with Crippen LogP contribution < -0.4 is 38.1 Å². The summed E-state index contributed by atoms with van der Waals surface area (Å²) in [4.78, 5) is 114.